The summed E-state index contributed by atoms with van der Waals surface area (Å²) in [4.78, 5) is 38.1. The predicted octanol–water partition coefficient (Wildman–Crippen LogP) is 1.14. The first-order valence-corrected chi connectivity index (χ1v) is 10.4. The van der Waals surface area contributed by atoms with Crippen molar-refractivity contribution < 1.29 is 19.1 Å². The Morgan fingerprint density at radius 1 is 1.13 bits per heavy atom. The summed E-state index contributed by atoms with van der Waals surface area (Å²) in [6, 6.07) is 6.53. The predicted molar refractivity (Wildman–Crippen MR) is 115 cm³/mol. The third-order valence-corrected chi connectivity index (χ3v) is 5.16. The molecule has 0 radical (unpaired) electrons. The standard InChI is InChI=1S/C22H29N5O4/c1-3-31-15-10-25-21(28)20(19-16-23-8-9-24-19)26-11-13-27(14-12-26)22(29)17-4-6-18(30-2)7-5-17/h4-9,16,20H,3,10-15H2,1-2H3,(H,25,28). The summed E-state index contributed by atoms with van der Waals surface area (Å²) in [5, 5.41) is 2.92. The molecule has 0 aliphatic carbocycles. The van der Waals surface area contributed by atoms with Crippen molar-refractivity contribution in [3.63, 3.8) is 0 Å². The van der Waals surface area contributed by atoms with Gasteiger partial charge < -0.3 is 19.7 Å². The smallest absolute Gasteiger partial charge is 0.253 e. The highest BCUT2D eigenvalue weighted by molar-refractivity contribution is 5.94. The molecule has 1 fully saturated rings. The summed E-state index contributed by atoms with van der Waals surface area (Å²) in [5.74, 6) is 0.540. The molecule has 1 aromatic carbocycles. The summed E-state index contributed by atoms with van der Waals surface area (Å²) in [7, 11) is 1.59. The lowest BCUT2D eigenvalue weighted by Gasteiger charge is -2.38. The molecule has 1 aliphatic rings. The number of ether oxygens (including phenoxy) is 2. The minimum Gasteiger partial charge on any atom is -0.497 e. The molecule has 1 unspecified atom stereocenters. The Bertz CT molecular complexity index is 839. The van der Waals surface area contributed by atoms with Crippen LogP contribution in [0.2, 0.25) is 0 Å². The van der Waals surface area contributed by atoms with Crippen molar-refractivity contribution in [3.05, 3.63) is 54.1 Å². The van der Waals surface area contributed by atoms with E-state index in [0.29, 0.717) is 62.9 Å². The van der Waals surface area contributed by atoms with E-state index in [9.17, 15) is 9.59 Å². The number of aromatic nitrogens is 2. The molecule has 1 saturated heterocycles. The highest BCUT2D eigenvalue weighted by Crippen LogP contribution is 2.21. The first kappa shape index (κ1) is 22.6. The molecule has 2 heterocycles. The Balaban J connectivity index is 1.64. The third-order valence-electron chi connectivity index (χ3n) is 5.16. The number of carbonyl (C=O) groups is 2. The van der Waals surface area contributed by atoms with E-state index in [0.717, 1.165) is 0 Å². The molecule has 3 rings (SSSR count). The van der Waals surface area contributed by atoms with E-state index in [1.54, 1.807) is 54.9 Å². The fraction of sp³-hybridized carbons (Fsp3) is 0.455. The molecular formula is C22H29N5O4. The van der Waals surface area contributed by atoms with Crippen molar-refractivity contribution in [1.29, 1.82) is 0 Å². The van der Waals surface area contributed by atoms with Crippen LogP contribution < -0.4 is 10.1 Å². The number of nitrogens with one attached hydrogen (secondary N) is 1. The second kappa shape index (κ2) is 11.4. The van der Waals surface area contributed by atoms with Gasteiger partial charge in [0.15, 0.2) is 0 Å². The number of nitrogens with zero attached hydrogens (tertiary/aromatic N) is 4. The van der Waals surface area contributed by atoms with Gasteiger partial charge in [-0.25, -0.2) is 0 Å². The van der Waals surface area contributed by atoms with Crippen LogP contribution in [0.4, 0.5) is 0 Å². The first-order chi connectivity index (χ1) is 15.1. The lowest BCUT2D eigenvalue weighted by molar-refractivity contribution is -0.127. The number of amides is 2. The van der Waals surface area contributed by atoms with Crippen LogP contribution in [-0.4, -0.2) is 84.6 Å². The Kier molecular flexibility index (Phi) is 8.31. The van der Waals surface area contributed by atoms with Crippen molar-refractivity contribution in [3.8, 4) is 5.75 Å². The Hall–Kier alpha value is -3.04. The SMILES string of the molecule is CCOCCNC(=O)C(c1cnccn1)N1CCN(C(=O)c2ccc(OC)cc2)CC1. The normalized spacial score (nSPS) is 15.4. The Morgan fingerprint density at radius 3 is 2.48 bits per heavy atom. The summed E-state index contributed by atoms with van der Waals surface area (Å²) in [6.07, 6.45) is 4.78. The molecule has 9 nitrogen and oxygen atoms in total. The van der Waals surface area contributed by atoms with Gasteiger partial charge in [0, 0.05) is 57.3 Å². The average Bonchev–Trinajstić information content (AvgIpc) is 2.83. The van der Waals surface area contributed by atoms with Crippen LogP contribution in [0.25, 0.3) is 0 Å². The molecule has 31 heavy (non-hydrogen) atoms. The Labute approximate surface area is 182 Å². The van der Waals surface area contributed by atoms with E-state index in [4.69, 9.17) is 9.47 Å². The van der Waals surface area contributed by atoms with Crippen molar-refractivity contribution in [2.75, 3.05) is 53.0 Å². The van der Waals surface area contributed by atoms with Crippen LogP contribution in [0, 0.1) is 0 Å². The largest absolute Gasteiger partial charge is 0.497 e. The number of hydrogen-bond donors (Lipinski definition) is 1. The van der Waals surface area contributed by atoms with E-state index in [2.05, 4.69) is 15.3 Å². The molecule has 0 spiro atoms. The molecule has 1 atom stereocenters. The number of rotatable bonds is 9. The van der Waals surface area contributed by atoms with Crippen molar-refractivity contribution in [2.45, 2.75) is 13.0 Å². The minimum absolute atomic E-state index is 0.0282. The zero-order valence-corrected chi connectivity index (χ0v) is 18.0. The zero-order chi connectivity index (χ0) is 22.1. The van der Waals surface area contributed by atoms with Gasteiger partial charge >= 0.3 is 0 Å². The fourth-order valence-corrected chi connectivity index (χ4v) is 3.53. The molecule has 1 aliphatic heterocycles. The van der Waals surface area contributed by atoms with Gasteiger partial charge in [-0.3, -0.25) is 24.5 Å². The van der Waals surface area contributed by atoms with Gasteiger partial charge in [0.2, 0.25) is 5.91 Å². The van der Waals surface area contributed by atoms with Gasteiger partial charge in [0.1, 0.15) is 11.8 Å². The highest BCUT2D eigenvalue weighted by Gasteiger charge is 2.32. The van der Waals surface area contributed by atoms with E-state index >= 15 is 0 Å². The maximum atomic E-state index is 12.9. The number of piperazine rings is 1. The average molecular weight is 428 g/mol. The minimum atomic E-state index is -0.562. The van der Waals surface area contributed by atoms with Gasteiger partial charge in [-0.15, -0.1) is 0 Å². The van der Waals surface area contributed by atoms with Crippen molar-refractivity contribution >= 4 is 11.8 Å². The summed E-state index contributed by atoms with van der Waals surface area (Å²) < 4.78 is 10.5. The molecular weight excluding hydrogens is 398 g/mol. The molecule has 166 valence electrons. The number of benzene rings is 1. The maximum absolute atomic E-state index is 12.9. The molecule has 0 bridgehead atoms. The van der Waals surface area contributed by atoms with Gasteiger partial charge in [0.25, 0.3) is 5.91 Å². The van der Waals surface area contributed by atoms with Crippen molar-refractivity contribution in [1.82, 2.24) is 25.1 Å². The fourth-order valence-electron chi connectivity index (χ4n) is 3.53. The third kappa shape index (κ3) is 5.99. The molecule has 1 aromatic heterocycles. The van der Waals surface area contributed by atoms with Gasteiger partial charge in [-0.2, -0.15) is 0 Å². The molecule has 0 saturated carbocycles. The summed E-state index contributed by atoms with van der Waals surface area (Å²) in [6.45, 7) is 5.56. The van der Waals surface area contributed by atoms with E-state index < -0.39 is 6.04 Å². The van der Waals surface area contributed by atoms with Crippen molar-refractivity contribution in [2.24, 2.45) is 0 Å². The Morgan fingerprint density at radius 2 is 1.87 bits per heavy atom. The maximum Gasteiger partial charge on any atom is 0.253 e. The summed E-state index contributed by atoms with van der Waals surface area (Å²) in [5.41, 5.74) is 1.21. The number of carbonyl (C=O) groups excluding carboxylic acids is 2. The summed E-state index contributed by atoms with van der Waals surface area (Å²) >= 11 is 0. The van der Waals surface area contributed by atoms with Crippen LogP contribution in [0.3, 0.4) is 0 Å². The molecule has 2 aromatic rings. The lowest BCUT2D eigenvalue weighted by Crippen LogP contribution is -2.52. The molecule has 9 heteroatoms. The van der Waals surface area contributed by atoms with Gasteiger partial charge in [0.05, 0.1) is 25.6 Å². The monoisotopic (exact) mass is 427 g/mol. The topological polar surface area (TPSA) is 96.9 Å². The van der Waals surface area contributed by atoms with E-state index in [1.165, 1.54) is 0 Å². The van der Waals surface area contributed by atoms with Crippen LogP contribution in [0.5, 0.6) is 5.75 Å². The van der Waals surface area contributed by atoms with Crippen LogP contribution in [-0.2, 0) is 9.53 Å². The van der Waals surface area contributed by atoms with Crippen LogP contribution in [0.1, 0.15) is 29.0 Å². The molecule has 1 N–H and O–H groups in total. The highest BCUT2D eigenvalue weighted by atomic mass is 16.5. The first-order valence-electron chi connectivity index (χ1n) is 10.4. The second-order valence-electron chi connectivity index (χ2n) is 7.08. The van der Waals surface area contributed by atoms with E-state index in [-0.39, 0.29) is 11.8 Å². The van der Waals surface area contributed by atoms with E-state index in [1.807, 2.05) is 11.8 Å². The number of methoxy groups -OCH3 is 1. The van der Waals surface area contributed by atoms with Gasteiger partial charge in [-0.05, 0) is 31.2 Å². The zero-order valence-electron chi connectivity index (χ0n) is 18.0. The number of hydrogen-bond acceptors (Lipinski definition) is 7. The quantitative estimate of drug-likeness (QED) is 0.600. The van der Waals surface area contributed by atoms with Gasteiger partial charge in [-0.1, -0.05) is 0 Å². The molecule has 2 amide bonds. The second-order valence-corrected chi connectivity index (χ2v) is 7.08. The van der Waals surface area contributed by atoms with Crippen LogP contribution in [0.15, 0.2) is 42.9 Å². The lowest BCUT2D eigenvalue weighted by atomic mass is 10.1. The van der Waals surface area contributed by atoms with Crippen LogP contribution >= 0.6 is 0 Å².